The zero-order chi connectivity index (χ0) is 14.4. The maximum absolute atomic E-state index is 11.6. The fourth-order valence-corrected chi connectivity index (χ4v) is 1.69. The van der Waals surface area contributed by atoms with Crippen LogP contribution in [-0.4, -0.2) is 19.1 Å². The summed E-state index contributed by atoms with van der Waals surface area (Å²) in [6.45, 7) is 9.90. The molecule has 4 nitrogen and oxygen atoms in total. The Kier molecular flexibility index (Phi) is 5.70. The van der Waals surface area contributed by atoms with Crippen molar-refractivity contribution in [3.8, 4) is 11.5 Å². The molecule has 0 aromatic heterocycles. The van der Waals surface area contributed by atoms with Crippen LogP contribution >= 0.6 is 11.6 Å². The van der Waals surface area contributed by atoms with Gasteiger partial charge < -0.3 is 14.8 Å². The minimum absolute atomic E-state index is 0.261. The van der Waals surface area contributed by atoms with Gasteiger partial charge in [-0.05, 0) is 26.8 Å². The van der Waals surface area contributed by atoms with Gasteiger partial charge in [-0.25, -0.2) is 0 Å². The Hall–Kier alpha value is -1.68. The van der Waals surface area contributed by atoms with Crippen LogP contribution in [0.2, 0.25) is 5.02 Å². The van der Waals surface area contributed by atoms with Crippen LogP contribution in [0, 0.1) is 0 Å². The Morgan fingerprint density at radius 1 is 1.32 bits per heavy atom. The number of nitrogens with one attached hydrogen (secondary N) is 1. The van der Waals surface area contributed by atoms with Crippen molar-refractivity contribution in [2.75, 3.05) is 18.5 Å². The van der Waals surface area contributed by atoms with E-state index < -0.39 is 0 Å². The lowest BCUT2D eigenvalue weighted by Gasteiger charge is -2.14. The second-order valence-electron chi connectivity index (χ2n) is 3.89. The largest absolute Gasteiger partial charge is 0.490 e. The number of hydrogen-bond donors (Lipinski definition) is 1. The van der Waals surface area contributed by atoms with Gasteiger partial charge in [-0.1, -0.05) is 18.2 Å². The first-order valence-corrected chi connectivity index (χ1v) is 6.43. The van der Waals surface area contributed by atoms with Gasteiger partial charge in [0, 0.05) is 17.3 Å². The highest BCUT2D eigenvalue weighted by molar-refractivity contribution is 6.32. The van der Waals surface area contributed by atoms with Crippen molar-refractivity contribution in [2.24, 2.45) is 0 Å². The summed E-state index contributed by atoms with van der Waals surface area (Å²) >= 11 is 6.13. The number of hydrogen-bond acceptors (Lipinski definition) is 3. The molecule has 5 heteroatoms. The Morgan fingerprint density at radius 2 is 1.95 bits per heavy atom. The molecule has 1 N–H and O–H groups in total. The molecular formula is C14H18ClNO3. The predicted octanol–water partition coefficient (Wildman–Crippen LogP) is 3.65. The van der Waals surface area contributed by atoms with E-state index in [1.54, 1.807) is 19.1 Å². The van der Waals surface area contributed by atoms with Gasteiger partial charge in [0.25, 0.3) is 5.91 Å². The highest BCUT2D eigenvalue weighted by atomic mass is 35.5. The van der Waals surface area contributed by atoms with E-state index in [4.69, 9.17) is 21.1 Å². The third-order valence-corrected chi connectivity index (χ3v) is 2.52. The number of carbonyl (C=O) groups excluding carboxylic acids is 1. The molecule has 19 heavy (non-hydrogen) atoms. The molecule has 0 aliphatic heterocycles. The van der Waals surface area contributed by atoms with Crippen LogP contribution in [-0.2, 0) is 4.79 Å². The number of carbonyl (C=O) groups is 1. The van der Waals surface area contributed by atoms with Crippen molar-refractivity contribution in [3.63, 3.8) is 0 Å². The molecule has 0 aliphatic carbocycles. The molecule has 1 amide bonds. The molecule has 0 unspecified atom stereocenters. The van der Waals surface area contributed by atoms with Gasteiger partial charge in [0.05, 0.1) is 18.2 Å². The van der Waals surface area contributed by atoms with Gasteiger partial charge >= 0.3 is 0 Å². The third kappa shape index (κ3) is 4.17. The summed E-state index contributed by atoms with van der Waals surface area (Å²) in [7, 11) is 0. The number of amides is 1. The average molecular weight is 284 g/mol. The van der Waals surface area contributed by atoms with Gasteiger partial charge in [0.15, 0.2) is 11.5 Å². The third-order valence-electron chi connectivity index (χ3n) is 2.24. The zero-order valence-corrected chi connectivity index (χ0v) is 12.1. The molecule has 0 atom stereocenters. The zero-order valence-electron chi connectivity index (χ0n) is 11.4. The van der Waals surface area contributed by atoms with Crippen molar-refractivity contribution in [1.29, 1.82) is 0 Å². The van der Waals surface area contributed by atoms with Gasteiger partial charge in [-0.3, -0.25) is 4.79 Å². The average Bonchev–Trinajstić information content (AvgIpc) is 2.33. The first-order valence-electron chi connectivity index (χ1n) is 6.05. The van der Waals surface area contributed by atoms with Crippen LogP contribution in [0.4, 0.5) is 5.69 Å². The van der Waals surface area contributed by atoms with E-state index in [2.05, 4.69) is 11.9 Å². The summed E-state index contributed by atoms with van der Waals surface area (Å²) in [4.78, 5) is 11.6. The van der Waals surface area contributed by atoms with Gasteiger partial charge in [0.1, 0.15) is 0 Å². The Bertz CT molecular complexity index is 486. The molecule has 1 rings (SSSR count). The first kappa shape index (κ1) is 15.4. The second kappa shape index (κ2) is 7.04. The molecular weight excluding hydrogens is 266 g/mol. The summed E-state index contributed by atoms with van der Waals surface area (Å²) in [6.07, 6.45) is 0. The Morgan fingerprint density at radius 3 is 2.47 bits per heavy atom. The summed E-state index contributed by atoms with van der Waals surface area (Å²) in [5.41, 5.74) is 0.966. The molecule has 0 heterocycles. The summed E-state index contributed by atoms with van der Waals surface area (Å²) in [6, 6.07) is 3.30. The van der Waals surface area contributed by atoms with Crippen LogP contribution in [0.3, 0.4) is 0 Å². The van der Waals surface area contributed by atoms with Crippen LogP contribution < -0.4 is 14.8 Å². The van der Waals surface area contributed by atoms with E-state index >= 15 is 0 Å². The van der Waals surface area contributed by atoms with Crippen molar-refractivity contribution >= 4 is 23.2 Å². The lowest BCUT2D eigenvalue weighted by molar-refractivity contribution is -0.112. The van der Waals surface area contributed by atoms with E-state index in [-0.39, 0.29) is 5.91 Å². The number of ether oxygens (including phenoxy) is 2. The molecule has 0 aliphatic rings. The van der Waals surface area contributed by atoms with Crippen molar-refractivity contribution in [3.05, 3.63) is 29.3 Å². The molecule has 0 saturated carbocycles. The number of halogens is 1. The van der Waals surface area contributed by atoms with E-state index in [0.717, 1.165) is 0 Å². The second-order valence-corrected chi connectivity index (χ2v) is 4.29. The number of rotatable bonds is 6. The van der Waals surface area contributed by atoms with Gasteiger partial charge in [0.2, 0.25) is 0 Å². The fraction of sp³-hybridized carbons (Fsp3) is 0.357. The molecule has 104 valence electrons. The van der Waals surface area contributed by atoms with Gasteiger partial charge in [-0.2, -0.15) is 0 Å². The van der Waals surface area contributed by atoms with Crippen molar-refractivity contribution < 1.29 is 14.3 Å². The molecule has 1 aromatic carbocycles. The SMILES string of the molecule is C=C(C)C(=O)Nc1cc(Cl)c(OCC)c(OCC)c1. The summed E-state index contributed by atoms with van der Waals surface area (Å²) in [5.74, 6) is 0.732. The van der Waals surface area contributed by atoms with Crippen molar-refractivity contribution in [2.45, 2.75) is 20.8 Å². The highest BCUT2D eigenvalue weighted by Crippen LogP contribution is 2.38. The minimum Gasteiger partial charge on any atom is -0.490 e. The summed E-state index contributed by atoms with van der Waals surface area (Å²) in [5, 5.41) is 3.09. The predicted molar refractivity (Wildman–Crippen MR) is 77.2 cm³/mol. The van der Waals surface area contributed by atoms with Crippen LogP contribution in [0.1, 0.15) is 20.8 Å². The van der Waals surface area contributed by atoms with Crippen molar-refractivity contribution in [1.82, 2.24) is 0 Å². The maximum atomic E-state index is 11.6. The molecule has 0 saturated heterocycles. The molecule has 0 bridgehead atoms. The first-order chi connectivity index (χ1) is 8.99. The maximum Gasteiger partial charge on any atom is 0.250 e. The Labute approximate surface area is 118 Å². The lowest BCUT2D eigenvalue weighted by Crippen LogP contribution is -2.12. The topological polar surface area (TPSA) is 47.6 Å². The standard InChI is InChI=1S/C14H18ClNO3/c1-5-18-12-8-10(16-14(17)9(3)4)7-11(15)13(12)19-6-2/h7-8H,3,5-6H2,1-2,4H3,(H,16,17). The van der Waals surface area contributed by atoms with E-state index in [1.165, 1.54) is 0 Å². The normalized spacial score (nSPS) is 9.89. The fourth-order valence-electron chi connectivity index (χ4n) is 1.43. The van der Waals surface area contributed by atoms with Gasteiger partial charge in [-0.15, -0.1) is 0 Å². The molecule has 1 aromatic rings. The monoisotopic (exact) mass is 283 g/mol. The van der Waals surface area contributed by atoms with Crippen LogP contribution in [0.15, 0.2) is 24.3 Å². The van der Waals surface area contributed by atoms with E-state index in [9.17, 15) is 4.79 Å². The molecule has 0 spiro atoms. The smallest absolute Gasteiger partial charge is 0.250 e. The number of benzene rings is 1. The van der Waals surface area contributed by atoms with Crippen LogP contribution in [0.25, 0.3) is 0 Å². The van der Waals surface area contributed by atoms with E-state index in [0.29, 0.717) is 41.0 Å². The molecule has 0 fully saturated rings. The lowest BCUT2D eigenvalue weighted by atomic mass is 10.2. The Balaban J connectivity index is 3.08. The minimum atomic E-state index is -0.261. The van der Waals surface area contributed by atoms with Crippen LogP contribution in [0.5, 0.6) is 11.5 Å². The molecule has 0 radical (unpaired) electrons. The number of anilines is 1. The highest BCUT2D eigenvalue weighted by Gasteiger charge is 2.13. The van der Waals surface area contributed by atoms with E-state index in [1.807, 2.05) is 13.8 Å². The quantitative estimate of drug-likeness (QED) is 0.811. The summed E-state index contributed by atoms with van der Waals surface area (Å²) < 4.78 is 10.9.